The summed E-state index contributed by atoms with van der Waals surface area (Å²) < 4.78 is 21.5. The predicted molar refractivity (Wildman–Crippen MR) is 259 cm³/mol. The summed E-state index contributed by atoms with van der Waals surface area (Å²) in [6, 6.07) is 26.6. The van der Waals surface area contributed by atoms with E-state index in [1.807, 2.05) is 60.7 Å². The highest BCUT2D eigenvalue weighted by molar-refractivity contribution is 7.17. The van der Waals surface area contributed by atoms with E-state index in [1.54, 1.807) is 55.2 Å². The third kappa shape index (κ3) is 11.8. The molecule has 0 unspecified atom stereocenters. The van der Waals surface area contributed by atoms with Gasteiger partial charge in [-0.15, -0.1) is 11.3 Å². The zero-order valence-corrected chi connectivity index (χ0v) is 39.2. The molecule has 4 aliphatic rings. The summed E-state index contributed by atoms with van der Waals surface area (Å²) in [6.45, 7) is 2.72. The number of cyclic esters (lactones) is 1. The summed E-state index contributed by atoms with van der Waals surface area (Å²) in [5, 5.41) is 6.51. The van der Waals surface area contributed by atoms with E-state index in [-0.39, 0.29) is 61.4 Å². The van der Waals surface area contributed by atoms with Gasteiger partial charge in [0.15, 0.2) is 11.5 Å². The second-order valence-corrected chi connectivity index (χ2v) is 17.1. The smallest absolute Gasteiger partial charge is 0.358 e. The van der Waals surface area contributed by atoms with Crippen molar-refractivity contribution in [2.24, 2.45) is 10.7 Å². The van der Waals surface area contributed by atoms with Gasteiger partial charge in [-0.2, -0.15) is 5.16 Å². The third-order valence-corrected chi connectivity index (χ3v) is 12.4. The summed E-state index contributed by atoms with van der Waals surface area (Å²) in [5.41, 5.74) is 12.4. The molecule has 10 rings (SSSR count). The zero-order valence-electron chi connectivity index (χ0n) is 37.7. The molecule has 6 aromatic rings. The van der Waals surface area contributed by atoms with Gasteiger partial charge in [0.05, 0.1) is 60.6 Å². The lowest BCUT2D eigenvalue weighted by molar-refractivity contribution is -0.142. The van der Waals surface area contributed by atoms with Crippen LogP contribution in [0.5, 0.6) is 0 Å². The molecule has 0 saturated carbocycles. The summed E-state index contributed by atoms with van der Waals surface area (Å²) in [6.07, 6.45) is 11.8. The fourth-order valence-corrected chi connectivity index (χ4v) is 9.27. The highest BCUT2D eigenvalue weighted by Gasteiger charge is 2.31. The molecule has 0 saturated heterocycles. The fraction of sp³-hybridized carbons (Fsp3) is 0.260. The molecular weight excluding hydrogens is 910 g/mol. The van der Waals surface area contributed by atoms with E-state index in [1.165, 1.54) is 52.2 Å². The van der Waals surface area contributed by atoms with Crippen LogP contribution in [0.4, 0.5) is 5.00 Å². The predicted octanol–water partition coefficient (Wildman–Crippen LogP) is 7.68. The number of carbonyl (C=O) groups excluding carboxylic acids is 4. The molecule has 3 aromatic heterocycles. The fourth-order valence-electron chi connectivity index (χ4n) is 7.71. The molecule has 68 heavy (non-hydrogen) atoms. The second-order valence-electron chi connectivity index (χ2n) is 15.6. The lowest BCUT2D eigenvalue weighted by Gasteiger charge is -2.19. The van der Waals surface area contributed by atoms with Crippen LogP contribution >= 0.6 is 22.9 Å². The number of aryl methyl sites for hydroxylation is 1. The molecule has 0 fully saturated rings. The summed E-state index contributed by atoms with van der Waals surface area (Å²) in [4.78, 5) is 69.7. The maximum absolute atomic E-state index is 12.5. The van der Waals surface area contributed by atoms with Gasteiger partial charge in [0.1, 0.15) is 29.7 Å². The van der Waals surface area contributed by atoms with Gasteiger partial charge < -0.3 is 34.7 Å². The molecule has 4 N–H and O–H groups in total. The molecule has 2 amide bonds. The van der Waals surface area contributed by atoms with Crippen LogP contribution in [-0.2, 0) is 49.7 Å². The van der Waals surface area contributed by atoms with Crippen molar-refractivity contribution in [2.75, 3.05) is 32.6 Å². The number of fused-ring (bicyclic) bond motifs is 6. The molecule has 16 nitrogen and oxygen atoms in total. The van der Waals surface area contributed by atoms with Gasteiger partial charge in [0, 0.05) is 35.5 Å². The minimum atomic E-state index is -0.498. The van der Waals surface area contributed by atoms with Crippen LogP contribution in [0.1, 0.15) is 85.6 Å². The number of hydrogen-bond donors (Lipinski definition) is 3. The topological polar surface area (TPSA) is 213 Å². The number of methoxy groups -OCH3 is 1. The Morgan fingerprint density at radius 1 is 1.00 bits per heavy atom. The minimum Gasteiger partial charge on any atom is -0.501 e. The Morgan fingerprint density at radius 2 is 1.75 bits per heavy atom. The van der Waals surface area contributed by atoms with Crippen LogP contribution in [0.15, 0.2) is 123 Å². The molecule has 3 aliphatic heterocycles. The van der Waals surface area contributed by atoms with Crippen LogP contribution in [0.3, 0.4) is 0 Å². The number of anilines is 1. The first kappa shape index (κ1) is 48.6. The molecule has 18 heteroatoms. The van der Waals surface area contributed by atoms with Crippen LogP contribution in [0.25, 0.3) is 11.8 Å². The van der Waals surface area contributed by atoms with Crippen LogP contribution < -0.4 is 16.6 Å². The van der Waals surface area contributed by atoms with Crippen molar-refractivity contribution in [2.45, 2.75) is 58.2 Å². The lowest BCUT2D eigenvalue weighted by Crippen LogP contribution is -2.26. The maximum atomic E-state index is 12.5. The van der Waals surface area contributed by atoms with Crippen molar-refractivity contribution in [1.82, 2.24) is 19.6 Å². The van der Waals surface area contributed by atoms with Crippen LogP contribution in [0.2, 0.25) is 5.02 Å². The van der Waals surface area contributed by atoms with E-state index in [2.05, 4.69) is 37.1 Å². The summed E-state index contributed by atoms with van der Waals surface area (Å²) in [5.74, 6) is 0.0808. The van der Waals surface area contributed by atoms with Crippen LogP contribution in [0, 0.1) is 0 Å². The van der Waals surface area contributed by atoms with Crippen molar-refractivity contribution in [3.63, 3.8) is 0 Å². The Hall–Kier alpha value is -7.34. The second kappa shape index (κ2) is 22.9. The number of ether oxygens (including phenoxy) is 3. The number of esters is 2. The van der Waals surface area contributed by atoms with E-state index >= 15 is 0 Å². The molecular formula is C50H50ClN7O9S. The Balaban J connectivity index is 0.000000140. The number of aliphatic imine (C=N–C) groups is 1. The van der Waals surface area contributed by atoms with E-state index in [9.17, 15) is 24.0 Å². The average Bonchev–Trinajstić information content (AvgIpc) is 4.03. The molecule has 0 spiro atoms. The van der Waals surface area contributed by atoms with Gasteiger partial charge in [-0.1, -0.05) is 84.4 Å². The number of H-pyrrole nitrogens is 1. The number of thiophene rings is 1. The maximum Gasteiger partial charge on any atom is 0.358 e. The number of amides is 2. The van der Waals surface area contributed by atoms with Crippen molar-refractivity contribution in [3.05, 3.63) is 174 Å². The number of hydrogen-bond acceptors (Lipinski definition) is 13. The number of aromatic amines is 1. The van der Waals surface area contributed by atoms with Crippen molar-refractivity contribution < 1.29 is 37.9 Å². The first-order valence-electron chi connectivity index (χ1n) is 21.9. The summed E-state index contributed by atoms with van der Waals surface area (Å²) >= 11 is 7.93. The molecule has 6 heterocycles. The minimum absolute atomic E-state index is 0.0132. The first-order valence-corrected chi connectivity index (χ1v) is 23.1. The number of halogens is 1. The Bertz CT molecular complexity index is 2920. The average molecular weight is 961 g/mol. The molecule has 3 aromatic carbocycles. The molecule has 1 aliphatic carbocycles. The van der Waals surface area contributed by atoms with E-state index in [0.717, 1.165) is 34.7 Å². The number of nitrogens with one attached hydrogen (secondary N) is 2. The number of imidazole rings is 1. The number of rotatable bonds is 7. The van der Waals surface area contributed by atoms with Gasteiger partial charge in [-0.25, -0.2) is 14.6 Å². The largest absolute Gasteiger partial charge is 0.501 e. The number of benzene rings is 3. The quantitative estimate of drug-likeness (QED) is 0.132. The number of aromatic nitrogens is 3. The van der Waals surface area contributed by atoms with E-state index in [0.29, 0.717) is 39.9 Å². The van der Waals surface area contributed by atoms with Gasteiger partial charge in [-0.3, -0.25) is 23.9 Å². The SMILES string of the molecule is CCOC(=O)c1ncn2c1CN(C)C(=O)c1c(Cl)cccc1-2.COC1=CC(=O)O[C@@H](/C=C/c2ccccc2)C1.NCc1cc(=O)[nH]o1.O=C1CN=C(c2ccccc2)c2c(sc3c2CCCC3)N1. The molecule has 352 valence electrons. The standard InChI is InChI=1S/C17H16N2OS.C15H14ClN3O3.C14H14O3.C4H6N2O2/c20-14-10-18-16(11-6-2-1-3-7-11)15-12-8-4-5-9-13(12)21-17(15)19-14;1-3-22-15(21)13-11-7-18(2)14(20)12-9(16)5-4-6-10(12)19(11)8-17-13;1-16-13-9-12(17-14(15)10-13)8-7-11-5-3-2-4-6-11;5-2-3-1-4(7)6-8-3/h1-3,6-7H,4-5,8-10H2,(H,19,20);4-6,8H,3,7H2,1-2H3;2-8,10,12H,9H2,1H3;1H,2,5H2,(H,6,7)/b;;8-7+;/t;;12-;/m..0./s1. The first-order chi connectivity index (χ1) is 33.0. The number of nitrogens with two attached hydrogens (primary N) is 1. The Labute approximate surface area is 401 Å². The normalized spacial score (nSPS) is 15.8. The molecule has 0 radical (unpaired) electrons. The van der Waals surface area contributed by atoms with Gasteiger partial charge in [-0.05, 0) is 61.9 Å². The highest BCUT2D eigenvalue weighted by atomic mass is 35.5. The number of carbonyl (C=O) groups is 4. The van der Waals surface area contributed by atoms with Crippen molar-refractivity contribution in [3.8, 4) is 5.69 Å². The third-order valence-electron chi connectivity index (χ3n) is 10.9. The molecule has 0 bridgehead atoms. The van der Waals surface area contributed by atoms with Crippen LogP contribution in [-0.4, -0.2) is 82.5 Å². The van der Waals surface area contributed by atoms with E-state index in [4.69, 9.17) is 31.5 Å². The molecule has 1 atom stereocenters. The highest BCUT2D eigenvalue weighted by Crippen LogP contribution is 2.40. The lowest BCUT2D eigenvalue weighted by atomic mass is 9.91. The van der Waals surface area contributed by atoms with Gasteiger partial charge >= 0.3 is 11.9 Å². The van der Waals surface area contributed by atoms with Gasteiger partial charge in [0.2, 0.25) is 5.91 Å². The van der Waals surface area contributed by atoms with Gasteiger partial charge in [0.25, 0.3) is 11.5 Å². The summed E-state index contributed by atoms with van der Waals surface area (Å²) in [7, 11) is 3.22. The monoisotopic (exact) mass is 959 g/mol. The van der Waals surface area contributed by atoms with Crippen molar-refractivity contribution >= 4 is 63.5 Å². The zero-order chi connectivity index (χ0) is 48.2. The van der Waals surface area contributed by atoms with E-state index < -0.39 is 5.97 Å². The van der Waals surface area contributed by atoms with Crippen molar-refractivity contribution in [1.29, 1.82) is 0 Å². The number of nitrogens with zero attached hydrogens (tertiary/aromatic N) is 4. The Morgan fingerprint density at radius 3 is 2.44 bits per heavy atom. The Kier molecular flexibility index (Phi) is 16.4.